The van der Waals surface area contributed by atoms with Crippen molar-refractivity contribution in [3.8, 4) is 0 Å². The van der Waals surface area contributed by atoms with E-state index in [0.717, 1.165) is 19.6 Å². The summed E-state index contributed by atoms with van der Waals surface area (Å²) in [6, 6.07) is 0. The van der Waals surface area contributed by atoms with Crippen LogP contribution in [0.5, 0.6) is 0 Å². The van der Waals surface area contributed by atoms with Crippen LogP contribution >= 0.6 is 0 Å². The first-order valence-corrected chi connectivity index (χ1v) is 6.44. The summed E-state index contributed by atoms with van der Waals surface area (Å²) in [5.41, 5.74) is 1.38. The van der Waals surface area contributed by atoms with Gasteiger partial charge in [-0.15, -0.1) is 0 Å². The van der Waals surface area contributed by atoms with Gasteiger partial charge in [0.15, 0.2) is 5.79 Å². The zero-order valence-corrected chi connectivity index (χ0v) is 11.0. The van der Waals surface area contributed by atoms with Gasteiger partial charge in [0.05, 0.1) is 13.2 Å². The molecule has 2 rings (SSSR count). The molecule has 0 bridgehead atoms. The quantitative estimate of drug-likeness (QED) is 0.634. The maximum atomic E-state index is 6.00. The summed E-state index contributed by atoms with van der Waals surface area (Å²) in [5, 5.41) is 0. The Bertz CT molecular complexity index is 285. The molecular formula is C14H24O2. The highest BCUT2D eigenvalue weighted by molar-refractivity contribution is 5.14. The number of allylic oxidation sites excluding steroid dienone is 1. The van der Waals surface area contributed by atoms with Crippen molar-refractivity contribution >= 4 is 0 Å². The van der Waals surface area contributed by atoms with Crippen molar-refractivity contribution in [2.75, 3.05) is 13.2 Å². The fourth-order valence-electron chi connectivity index (χ4n) is 3.35. The third-order valence-corrected chi connectivity index (χ3v) is 4.33. The van der Waals surface area contributed by atoms with E-state index in [-0.39, 0.29) is 11.2 Å². The Morgan fingerprint density at radius 2 is 1.88 bits per heavy atom. The molecule has 1 aliphatic carbocycles. The third kappa shape index (κ3) is 1.72. The highest BCUT2D eigenvalue weighted by Gasteiger charge is 2.55. The van der Waals surface area contributed by atoms with Crippen LogP contribution in [0.4, 0.5) is 0 Å². The van der Waals surface area contributed by atoms with Crippen LogP contribution in [0.1, 0.15) is 47.0 Å². The summed E-state index contributed by atoms with van der Waals surface area (Å²) in [6.07, 6.45) is 5.89. The Morgan fingerprint density at radius 3 is 2.44 bits per heavy atom. The van der Waals surface area contributed by atoms with Gasteiger partial charge in [0.2, 0.25) is 0 Å². The highest BCUT2D eigenvalue weighted by atomic mass is 16.7. The lowest BCUT2D eigenvalue weighted by Crippen LogP contribution is -2.52. The summed E-state index contributed by atoms with van der Waals surface area (Å²) in [6.45, 7) is 10.4. The zero-order chi connectivity index (χ0) is 11.8. The standard InChI is InChI=1S/C14H24O2/c1-11(2)10-13(4)12(3)6-5-7-14(13)15-8-9-16-14/h10,12H,5-9H2,1-4H3/t12-,13+/m0/s1. The Kier molecular flexibility index (Phi) is 3.15. The Morgan fingerprint density at radius 1 is 1.25 bits per heavy atom. The van der Waals surface area contributed by atoms with E-state index < -0.39 is 0 Å². The minimum atomic E-state index is -0.345. The van der Waals surface area contributed by atoms with Gasteiger partial charge in [-0.2, -0.15) is 0 Å². The van der Waals surface area contributed by atoms with Gasteiger partial charge in [0.25, 0.3) is 0 Å². The first kappa shape index (κ1) is 12.1. The molecule has 0 aromatic carbocycles. The number of ether oxygens (including phenoxy) is 2. The van der Waals surface area contributed by atoms with E-state index in [0.29, 0.717) is 5.92 Å². The Balaban J connectivity index is 2.37. The molecule has 1 saturated carbocycles. The predicted octanol–water partition coefficient (Wildman–Crippen LogP) is 3.52. The van der Waals surface area contributed by atoms with Crippen LogP contribution in [0, 0.1) is 11.3 Å². The van der Waals surface area contributed by atoms with Gasteiger partial charge in [-0.3, -0.25) is 0 Å². The molecule has 1 heterocycles. The average Bonchev–Trinajstić information content (AvgIpc) is 2.64. The summed E-state index contributed by atoms with van der Waals surface area (Å²) in [4.78, 5) is 0. The van der Waals surface area contributed by atoms with Crippen LogP contribution in [0.15, 0.2) is 11.6 Å². The first-order chi connectivity index (χ1) is 7.50. The van der Waals surface area contributed by atoms with E-state index in [9.17, 15) is 0 Å². The molecule has 2 aliphatic rings. The highest BCUT2D eigenvalue weighted by Crippen LogP contribution is 2.53. The number of rotatable bonds is 1. The molecule has 2 heteroatoms. The van der Waals surface area contributed by atoms with Crippen LogP contribution in [-0.4, -0.2) is 19.0 Å². The van der Waals surface area contributed by atoms with Crippen LogP contribution < -0.4 is 0 Å². The van der Waals surface area contributed by atoms with Crippen LogP contribution in [0.3, 0.4) is 0 Å². The number of hydrogen-bond acceptors (Lipinski definition) is 2. The second-order valence-electron chi connectivity index (χ2n) is 5.75. The molecule has 0 aromatic rings. The van der Waals surface area contributed by atoms with Gasteiger partial charge in [0, 0.05) is 11.8 Å². The topological polar surface area (TPSA) is 18.5 Å². The van der Waals surface area contributed by atoms with E-state index in [1.807, 2.05) is 0 Å². The monoisotopic (exact) mass is 224 g/mol. The van der Waals surface area contributed by atoms with Crippen LogP contribution in [0.25, 0.3) is 0 Å². The molecule has 16 heavy (non-hydrogen) atoms. The summed E-state index contributed by atoms with van der Waals surface area (Å²) < 4.78 is 12.0. The zero-order valence-electron chi connectivity index (χ0n) is 11.0. The lowest BCUT2D eigenvalue weighted by Gasteiger charge is -2.50. The summed E-state index contributed by atoms with van der Waals surface area (Å²) >= 11 is 0. The molecule has 0 N–H and O–H groups in total. The van der Waals surface area contributed by atoms with Crippen molar-refractivity contribution in [2.24, 2.45) is 11.3 Å². The minimum Gasteiger partial charge on any atom is -0.347 e. The van der Waals surface area contributed by atoms with Gasteiger partial charge in [-0.05, 0) is 32.6 Å². The van der Waals surface area contributed by atoms with Crippen molar-refractivity contribution in [2.45, 2.75) is 52.7 Å². The van der Waals surface area contributed by atoms with Gasteiger partial charge in [-0.25, -0.2) is 0 Å². The molecule has 92 valence electrons. The van der Waals surface area contributed by atoms with Crippen molar-refractivity contribution < 1.29 is 9.47 Å². The van der Waals surface area contributed by atoms with Crippen molar-refractivity contribution in [1.82, 2.24) is 0 Å². The maximum absolute atomic E-state index is 6.00. The largest absolute Gasteiger partial charge is 0.347 e. The van der Waals surface area contributed by atoms with E-state index in [4.69, 9.17) is 9.47 Å². The van der Waals surface area contributed by atoms with E-state index in [1.54, 1.807) is 0 Å². The molecule has 0 unspecified atom stereocenters. The molecule has 2 nitrogen and oxygen atoms in total. The molecular weight excluding hydrogens is 200 g/mol. The van der Waals surface area contributed by atoms with Crippen molar-refractivity contribution in [1.29, 1.82) is 0 Å². The molecule has 2 fully saturated rings. The summed E-state index contributed by atoms with van der Waals surface area (Å²) in [5.74, 6) is 0.274. The van der Waals surface area contributed by atoms with Gasteiger partial charge in [-0.1, -0.05) is 25.5 Å². The smallest absolute Gasteiger partial charge is 0.177 e. The fraction of sp³-hybridized carbons (Fsp3) is 0.857. The SMILES string of the molecule is CC(C)=C[C@]1(C)[C@@H](C)CCCC12OCCO2. The van der Waals surface area contributed by atoms with Crippen LogP contribution in [0.2, 0.25) is 0 Å². The normalized spacial score (nSPS) is 37.6. The second-order valence-corrected chi connectivity index (χ2v) is 5.75. The third-order valence-electron chi connectivity index (χ3n) is 4.33. The molecule has 0 amide bonds. The summed E-state index contributed by atoms with van der Waals surface area (Å²) in [7, 11) is 0. The van der Waals surface area contributed by atoms with Crippen molar-refractivity contribution in [3.63, 3.8) is 0 Å². The average molecular weight is 224 g/mol. The predicted molar refractivity (Wildman–Crippen MR) is 65.2 cm³/mol. The molecule has 2 atom stereocenters. The fourth-order valence-corrected chi connectivity index (χ4v) is 3.35. The number of hydrogen-bond donors (Lipinski definition) is 0. The Labute approximate surface area is 99.0 Å². The lowest BCUT2D eigenvalue weighted by molar-refractivity contribution is -0.249. The first-order valence-electron chi connectivity index (χ1n) is 6.44. The van der Waals surface area contributed by atoms with Crippen molar-refractivity contribution in [3.05, 3.63) is 11.6 Å². The molecule has 0 radical (unpaired) electrons. The van der Waals surface area contributed by atoms with Gasteiger partial charge in [0.1, 0.15) is 0 Å². The molecule has 1 saturated heterocycles. The lowest BCUT2D eigenvalue weighted by atomic mass is 9.63. The van der Waals surface area contributed by atoms with E-state index >= 15 is 0 Å². The Hall–Kier alpha value is -0.340. The molecule has 1 spiro atoms. The molecule has 1 aliphatic heterocycles. The second kappa shape index (κ2) is 4.15. The van der Waals surface area contributed by atoms with Gasteiger partial charge < -0.3 is 9.47 Å². The van der Waals surface area contributed by atoms with E-state index in [2.05, 4.69) is 33.8 Å². The minimum absolute atomic E-state index is 0.0284. The maximum Gasteiger partial charge on any atom is 0.177 e. The van der Waals surface area contributed by atoms with Gasteiger partial charge >= 0.3 is 0 Å². The molecule has 0 aromatic heterocycles. The van der Waals surface area contributed by atoms with E-state index in [1.165, 1.54) is 18.4 Å². The van der Waals surface area contributed by atoms with Crippen LogP contribution in [-0.2, 0) is 9.47 Å².